The maximum Gasteiger partial charge on any atom is 0.361 e. The number of rotatable bonds is 68. The Kier molecular flexibility index (Phi) is 65.6. The zero-order valence-electron chi connectivity index (χ0n) is 57.7. The van der Waals surface area contributed by atoms with Crippen LogP contribution in [0.1, 0.15) is 335 Å². The number of nitrogens with zero attached hydrogens (tertiary/aromatic N) is 1. The molecular formula is C78H140NO8+. The highest BCUT2D eigenvalue weighted by molar-refractivity contribution is 5.71. The van der Waals surface area contributed by atoms with Crippen LogP contribution in [0.4, 0.5) is 0 Å². The number of allylic oxidation sites excluding steroid dienone is 14. The minimum atomic E-state index is -1.51. The number of ether oxygens (including phenoxy) is 4. The molecule has 0 aromatic carbocycles. The summed E-state index contributed by atoms with van der Waals surface area (Å²) in [4.78, 5) is 37.7. The lowest BCUT2D eigenvalue weighted by Crippen LogP contribution is -2.40. The van der Waals surface area contributed by atoms with Crippen molar-refractivity contribution >= 4 is 17.9 Å². The van der Waals surface area contributed by atoms with Gasteiger partial charge in [0.25, 0.3) is 6.29 Å². The minimum absolute atomic E-state index is 0.181. The lowest BCUT2D eigenvalue weighted by Gasteiger charge is -2.25. The lowest BCUT2D eigenvalue weighted by atomic mass is 10.0. The molecule has 0 saturated carbocycles. The number of esters is 2. The van der Waals surface area contributed by atoms with Gasteiger partial charge >= 0.3 is 17.9 Å². The number of unbranched alkanes of at least 4 members (excludes halogenated alkanes) is 39. The Morgan fingerprint density at radius 3 is 0.977 bits per heavy atom. The minimum Gasteiger partial charge on any atom is -0.477 e. The highest BCUT2D eigenvalue weighted by atomic mass is 16.7. The first-order valence-corrected chi connectivity index (χ1v) is 36.8. The molecule has 504 valence electrons. The zero-order valence-corrected chi connectivity index (χ0v) is 57.7. The Balaban J connectivity index is 4.08. The van der Waals surface area contributed by atoms with Crippen LogP contribution < -0.4 is 0 Å². The second-order valence-corrected chi connectivity index (χ2v) is 25.9. The normalized spacial score (nSPS) is 13.2. The van der Waals surface area contributed by atoms with Crippen molar-refractivity contribution < 1.29 is 42.9 Å². The largest absolute Gasteiger partial charge is 0.477 e. The van der Waals surface area contributed by atoms with E-state index in [0.717, 1.165) is 83.5 Å². The standard InChI is InChI=1S/C78H139NO8/c1-6-8-10-12-14-16-18-20-22-24-26-28-30-32-34-35-36-37-38-39-40-41-43-45-47-49-51-53-55-57-59-61-63-65-67-69-76(81)87-74(73-86-78(77(82)83)84-71-70-79(3,4)5)72-85-75(80)68-66-64-62-60-58-56-54-52-50-48-46-44-42-33-31-29-27-25-23-21-19-17-15-13-11-9-7-2/h8,10,14,16,20,22,26,28,32,34,36-37,39-40,74,78H,6-7,9,11-13,15,17-19,21,23-25,27,29-31,33,35,38,41-73H2,1-5H3/p+1/b10-8-,16-14-,22-20-,28-26-,34-32-,37-36-,40-39-. The number of carbonyl (C=O) groups excluding carboxylic acids is 2. The van der Waals surface area contributed by atoms with Crippen LogP contribution in [0, 0.1) is 0 Å². The molecule has 0 fully saturated rings. The van der Waals surface area contributed by atoms with Crippen LogP contribution in [-0.4, -0.2) is 87.4 Å². The molecule has 0 heterocycles. The Morgan fingerprint density at radius 2 is 0.655 bits per heavy atom. The van der Waals surface area contributed by atoms with Gasteiger partial charge in [0.1, 0.15) is 13.2 Å². The van der Waals surface area contributed by atoms with Gasteiger partial charge in [0.2, 0.25) is 0 Å². The Hall–Kier alpha value is -3.53. The van der Waals surface area contributed by atoms with Gasteiger partial charge in [-0.2, -0.15) is 0 Å². The summed E-state index contributed by atoms with van der Waals surface area (Å²) in [7, 11) is 5.99. The molecule has 0 spiro atoms. The summed E-state index contributed by atoms with van der Waals surface area (Å²) < 4.78 is 23.0. The Bertz CT molecular complexity index is 1700. The van der Waals surface area contributed by atoms with Crippen LogP contribution in [0.3, 0.4) is 0 Å². The molecule has 2 atom stereocenters. The third-order valence-electron chi connectivity index (χ3n) is 16.2. The van der Waals surface area contributed by atoms with Gasteiger partial charge in [-0.1, -0.05) is 336 Å². The van der Waals surface area contributed by atoms with Gasteiger partial charge in [-0.3, -0.25) is 9.59 Å². The fraction of sp³-hybridized carbons (Fsp3) is 0.782. The second-order valence-electron chi connectivity index (χ2n) is 25.9. The molecule has 0 bridgehead atoms. The molecule has 0 saturated heterocycles. The summed E-state index contributed by atoms with van der Waals surface area (Å²) in [5, 5.41) is 9.76. The van der Waals surface area contributed by atoms with Crippen LogP contribution in [0.25, 0.3) is 0 Å². The van der Waals surface area contributed by atoms with E-state index in [1.807, 2.05) is 21.1 Å². The smallest absolute Gasteiger partial charge is 0.361 e. The second kappa shape index (κ2) is 68.4. The van der Waals surface area contributed by atoms with Crippen molar-refractivity contribution in [2.75, 3.05) is 47.5 Å². The van der Waals surface area contributed by atoms with Crippen molar-refractivity contribution in [2.24, 2.45) is 0 Å². The van der Waals surface area contributed by atoms with Gasteiger partial charge in [-0.15, -0.1) is 0 Å². The Morgan fingerprint density at radius 1 is 0.356 bits per heavy atom. The first-order valence-electron chi connectivity index (χ1n) is 36.8. The fourth-order valence-electron chi connectivity index (χ4n) is 10.6. The third kappa shape index (κ3) is 69.8. The lowest BCUT2D eigenvalue weighted by molar-refractivity contribution is -0.870. The Labute approximate surface area is 538 Å². The van der Waals surface area contributed by atoms with Crippen molar-refractivity contribution in [3.8, 4) is 0 Å². The van der Waals surface area contributed by atoms with Crippen molar-refractivity contribution in [2.45, 2.75) is 347 Å². The first kappa shape index (κ1) is 83.5. The molecule has 0 amide bonds. The molecule has 9 nitrogen and oxygen atoms in total. The van der Waals surface area contributed by atoms with E-state index in [0.29, 0.717) is 17.4 Å². The van der Waals surface area contributed by atoms with E-state index in [1.54, 1.807) is 0 Å². The van der Waals surface area contributed by atoms with Crippen LogP contribution in [-0.2, 0) is 33.3 Å². The average molecular weight is 1220 g/mol. The predicted molar refractivity (Wildman–Crippen MR) is 373 cm³/mol. The molecule has 0 aliphatic carbocycles. The number of hydrogen-bond donors (Lipinski definition) is 1. The van der Waals surface area contributed by atoms with Crippen molar-refractivity contribution in [1.82, 2.24) is 0 Å². The fourth-order valence-corrected chi connectivity index (χ4v) is 10.6. The van der Waals surface area contributed by atoms with Gasteiger partial charge < -0.3 is 28.5 Å². The monoisotopic (exact) mass is 1220 g/mol. The van der Waals surface area contributed by atoms with Crippen molar-refractivity contribution in [3.63, 3.8) is 0 Å². The summed E-state index contributed by atoms with van der Waals surface area (Å²) in [5.41, 5.74) is 0. The van der Waals surface area contributed by atoms with E-state index in [-0.39, 0.29) is 32.2 Å². The highest BCUT2D eigenvalue weighted by Gasteiger charge is 2.25. The molecule has 2 unspecified atom stereocenters. The first-order chi connectivity index (χ1) is 42.6. The predicted octanol–water partition coefficient (Wildman–Crippen LogP) is 23.0. The number of likely N-dealkylation sites (N-methyl/N-ethyl adjacent to an activating group) is 1. The maximum atomic E-state index is 13.0. The van der Waals surface area contributed by atoms with E-state index < -0.39 is 24.3 Å². The van der Waals surface area contributed by atoms with E-state index in [4.69, 9.17) is 18.9 Å². The van der Waals surface area contributed by atoms with E-state index in [9.17, 15) is 19.5 Å². The molecule has 0 radical (unpaired) electrons. The van der Waals surface area contributed by atoms with Crippen molar-refractivity contribution in [3.05, 3.63) is 85.1 Å². The van der Waals surface area contributed by atoms with Gasteiger partial charge in [-0.05, 0) is 70.6 Å². The van der Waals surface area contributed by atoms with Crippen LogP contribution >= 0.6 is 0 Å². The highest BCUT2D eigenvalue weighted by Crippen LogP contribution is 2.19. The number of quaternary nitrogens is 1. The molecule has 9 heteroatoms. The molecule has 0 aromatic heterocycles. The van der Waals surface area contributed by atoms with Crippen LogP contribution in [0.15, 0.2) is 85.1 Å². The zero-order chi connectivity index (χ0) is 63.3. The maximum absolute atomic E-state index is 13.0. The molecule has 0 aliphatic heterocycles. The van der Waals surface area contributed by atoms with Crippen LogP contribution in [0.2, 0.25) is 0 Å². The van der Waals surface area contributed by atoms with Gasteiger partial charge in [0.05, 0.1) is 34.4 Å². The summed E-state index contributed by atoms with van der Waals surface area (Å²) in [6.07, 6.45) is 89.9. The molecule has 1 N–H and O–H groups in total. The number of hydrogen-bond acceptors (Lipinski definition) is 7. The SMILES string of the molecule is CC/C=C\C/C=C\C/C=C\C/C=C\C/C=C\C/C=C\C/C=C\CCCCCCCCCCCCCCCC(=O)OC(COC(=O)CCCCCCCCCCCCCCCCCCCCCCCCCCCCC)COC(OCC[N+](C)(C)C)C(=O)O. The van der Waals surface area contributed by atoms with Crippen LogP contribution in [0.5, 0.6) is 0 Å². The number of carboxylic acids is 1. The average Bonchev–Trinajstić information content (AvgIpc) is 3.56. The third-order valence-corrected chi connectivity index (χ3v) is 16.2. The summed E-state index contributed by atoms with van der Waals surface area (Å²) in [5.74, 6) is -1.99. The topological polar surface area (TPSA) is 108 Å². The molecule has 87 heavy (non-hydrogen) atoms. The molecule has 0 rings (SSSR count). The number of aliphatic carboxylic acids is 1. The summed E-state index contributed by atoms with van der Waals surface area (Å²) in [6, 6.07) is 0. The molecule has 0 aliphatic rings. The quantitative estimate of drug-likeness (QED) is 0.0211. The number of carboxylic acid groups (broad SMARTS) is 1. The molecule has 0 aromatic rings. The van der Waals surface area contributed by atoms with Crippen molar-refractivity contribution in [1.29, 1.82) is 0 Å². The van der Waals surface area contributed by atoms with E-state index in [1.165, 1.54) is 225 Å². The summed E-state index contributed by atoms with van der Waals surface area (Å²) >= 11 is 0. The van der Waals surface area contributed by atoms with E-state index >= 15 is 0 Å². The van der Waals surface area contributed by atoms with Gasteiger partial charge in [0, 0.05) is 12.8 Å². The van der Waals surface area contributed by atoms with Gasteiger partial charge in [0.15, 0.2) is 6.10 Å². The number of carbonyl (C=O) groups is 3. The summed E-state index contributed by atoms with van der Waals surface area (Å²) in [6.45, 7) is 4.81. The molecular weight excluding hydrogens is 1080 g/mol. The van der Waals surface area contributed by atoms with E-state index in [2.05, 4.69) is 98.9 Å². The van der Waals surface area contributed by atoms with Gasteiger partial charge in [-0.25, -0.2) is 4.79 Å².